The van der Waals surface area contributed by atoms with Crippen LogP contribution in [0.5, 0.6) is 0 Å². The van der Waals surface area contributed by atoms with Crippen molar-refractivity contribution < 1.29 is 9.53 Å². The molecule has 1 aromatic rings. The van der Waals surface area contributed by atoms with Gasteiger partial charge in [-0.3, -0.25) is 9.89 Å². The number of rotatable bonds is 2. The van der Waals surface area contributed by atoms with E-state index < -0.39 is 0 Å². The quantitative estimate of drug-likeness (QED) is 0.854. The lowest BCUT2D eigenvalue weighted by Gasteiger charge is -2.28. The molecule has 1 N–H and O–H groups in total. The average molecular weight is 299 g/mol. The molecule has 3 rings (SSSR count). The van der Waals surface area contributed by atoms with Crippen molar-refractivity contribution in [3.63, 3.8) is 0 Å². The number of halogens is 1. The number of ether oxygens (including phenoxy) is 1. The summed E-state index contributed by atoms with van der Waals surface area (Å²) in [5.74, 6) is 1.68. The van der Waals surface area contributed by atoms with Crippen molar-refractivity contribution in [1.82, 2.24) is 10.2 Å². The molecule has 1 aromatic heterocycles. The van der Waals surface area contributed by atoms with Crippen molar-refractivity contribution >= 4 is 21.9 Å². The normalized spacial score (nSPS) is 35.2. The van der Waals surface area contributed by atoms with Gasteiger partial charge >= 0.3 is 5.97 Å². The van der Waals surface area contributed by atoms with Crippen molar-refractivity contribution in [2.24, 2.45) is 17.8 Å². The van der Waals surface area contributed by atoms with Crippen LogP contribution in [0.1, 0.15) is 30.9 Å². The van der Waals surface area contributed by atoms with E-state index in [0.29, 0.717) is 0 Å². The minimum absolute atomic E-state index is 0.0134. The van der Waals surface area contributed by atoms with Crippen LogP contribution in [0.2, 0.25) is 0 Å². The van der Waals surface area contributed by atoms with Gasteiger partial charge < -0.3 is 4.74 Å². The number of aromatic nitrogens is 2. The number of nitrogens with zero attached hydrogens (tertiary/aromatic N) is 1. The molecule has 0 spiro atoms. The zero-order valence-electron chi connectivity index (χ0n) is 9.65. The summed E-state index contributed by atoms with van der Waals surface area (Å²) in [4.78, 5) is 11.9. The molecule has 2 aliphatic carbocycles. The Kier molecular flexibility index (Phi) is 2.73. The molecule has 5 heteroatoms. The minimum atomic E-state index is -0.0816. The third kappa shape index (κ3) is 1.90. The predicted molar refractivity (Wildman–Crippen MR) is 65.4 cm³/mol. The largest absolute Gasteiger partial charge is 0.469 e. The molecule has 4 nitrogen and oxygen atoms in total. The van der Waals surface area contributed by atoms with Crippen molar-refractivity contribution in [1.29, 1.82) is 0 Å². The molecular weight excluding hydrogens is 284 g/mol. The van der Waals surface area contributed by atoms with E-state index in [1.165, 1.54) is 13.5 Å². The Morgan fingerprint density at radius 2 is 2.24 bits per heavy atom. The Hall–Kier alpha value is -0.840. The molecule has 1 heterocycles. The summed E-state index contributed by atoms with van der Waals surface area (Å²) in [7, 11) is 1.47. The van der Waals surface area contributed by atoms with Crippen LogP contribution in [0, 0.1) is 17.8 Å². The topological polar surface area (TPSA) is 55.0 Å². The fourth-order valence-corrected chi connectivity index (χ4v) is 3.63. The van der Waals surface area contributed by atoms with Gasteiger partial charge in [-0.2, -0.15) is 5.10 Å². The number of hydrogen-bond acceptors (Lipinski definition) is 3. The van der Waals surface area contributed by atoms with E-state index in [1.54, 1.807) is 6.20 Å². The summed E-state index contributed by atoms with van der Waals surface area (Å²) in [5.41, 5.74) is 1.05. The summed E-state index contributed by atoms with van der Waals surface area (Å²) in [6.07, 6.45) is 5.07. The van der Waals surface area contributed by atoms with E-state index in [1.807, 2.05) is 0 Å². The van der Waals surface area contributed by atoms with Gasteiger partial charge in [0.25, 0.3) is 0 Å². The fourth-order valence-electron chi connectivity index (χ4n) is 3.14. The maximum absolute atomic E-state index is 11.9. The molecule has 2 saturated carbocycles. The highest BCUT2D eigenvalue weighted by Crippen LogP contribution is 2.56. The zero-order chi connectivity index (χ0) is 12.0. The molecule has 2 fully saturated rings. The van der Waals surface area contributed by atoms with Crippen LogP contribution in [0.15, 0.2) is 10.7 Å². The van der Waals surface area contributed by atoms with Crippen molar-refractivity contribution in [2.75, 3.05) is 7.11 Å². The summed E-state index contributed by atoms with van der Waals surface area (Å²) >= 11 is 3.49. The molecule has 0 aliphatic heterocycles. The van der Waals surface area contributed by atoms with Crippen LogP contribution >= 0.6 is 15.9 Å². The number of hydrogen-bond donors (Lipinski definition) is 1. The Balaban J connectivity index is 1.89. The number of esters is 1. The molecule has 17 heavy (non-hydrogen) atoms. The van der Waals surface area contributed by atoms with Crippen molar-refractivity contribution in [3.05, 3.63) is 16.4 Å². The van der Waals surface area contributed by atoms with E-state index in [-0.39, 0.29) is 17.8 Å². The van der Waals surface area contributed by atoms with Crippen LogP contribution in [-0.4, -0.2) is 23.3 Å². The molecule has 0 aromatic carbocycles. The Morgan fingerprint density at radius 3 is 2.88 bits per heavy atom. The van der Waals surface area contributed by atoms with Crippen LogP contribution in [-0.2, 0) is 9.53 Å². The first-order valence-corrected chi connectivity index (χ1v) is 6.76. The summed E-state index contributed by atoms with van der Waals surface area (Å²) in [6.45, 7) is 0. The van der Waals surface area contributed by atoms with Gasteiger partial charge in [0.1, 0.15) is 0 Å². The summed E-state index contributed by atoms with van der Waals surface area (Å²) in [6, 6.07) is 0. The van der Waals surface area contributed by atoms with Gasteiger partial charge in [-0.1, -0.05) is 0 Å². The molecule has 0 amide bonds. The maximum Gasteiger partial charge on any atom is 0.309 e. The van der Waals surface area contributed by atoms with Crippen molar-refractivity contribution in [3.8, 4) is 0 Å². The summed E-state index contributed by atoms with van der Waals surface area (Å²) in [5, 5.41) is 7.05. The van der Waals surface area contributed by atoms with Gasteiger partial charge in [0.05, 0.1) is 29.4 Å². The van der Waals surface area contributed by atoms with E-state index in [0.717, 1.165) is 34.8 Å². The molecule has 4 atom stereocenters. The SMILES string of the molecule is COC(=O)C1CC2CC2CC1c1[nH]ncc1Br. The molecule has 0 radical (unpaired) electrons. The number of methoxy groups -OCH3 is 1. The smallest absolute Gasteiger partial charge is 0.309 e. The van der Waals surface area contributed by atoms with Crippen LogP contribution in [0.25, 0.3) is 0 Å². The fraction of sp³-hybridized carbons (Fsp3) is 0.667. The number of carbonyl (C=O) groups excluding carboxylic acids is 1. The lowest BCUT2D eigenvalue weighted by Crippen LogP contribution is -2.28. The average Bonchev–Trinajstić information content (AvgIpc) is 2.98. The first kappa shape index (κ1) is 11.3. The van der Waals surface area contributed by atoms with Crippen molar-refractivity contribution in [2.45, 2.75) is 25.2 Å². The molecule has 4 unspecified atom stereocenters. The second-order valence-corrected chi connectivity index (χ2v) is 5.95. The Morgan fingerprint density at radius 1 is 1.47 bits per heavy atom. The molecule has 92 valence electrons. The Labute approximate surface area is 108 Å². The standard InChI is InChI=1S/C12H15BrN2O2/c1-17-12(16)9-4-7-2-6(7)3-8(9)11-10(13)5-14-15-11/h5-9H,2-4H2,1H3,(H,14,15). The molecule has 0 bridgehead atoms. The molecule has 0 saturated heterocycles. The first-order valence-electron chi connectivity index (χ1n) is 5.97. The van der Waals surface area contributed by atoms with Gasteiger partial charge in [-0.15, -0.1) is 0 Å². The monoisotopic (exact) mass is 298 g/mol. The zero-order valence-corrected chi connectivity index (χ0v) is 11.2. The van der Waals surface area contributed by atoms with Crippen LogP contribution in [0.3, 0.4) is 0 Å². The number of carbonyl (C=O) groups is 1. The minimum Gasteiger partial charge on any atom is -0.469 e. The van der Waals surface area contributed by atoms with Gasteiger partial charge in [0.15, 0.2) is 0 Å². The van der Waals surface area contributed by atoms with Crippen LogP contribution in [0.4, 0.5) is 0 Å². The second-order valence-electron chi connectivity index (χ2n) is 5.10. The number of nitrogens with one attached hydrogen (secondary N) is 1. The molecule has 2 aliphatic rings. The number of aromatic amines is 1. The third-order valence-electron chi connectivity index (χ3n) is 4.16. The van der Waals surface area contributed by atoms with E-state index in [9.17, 15) is 4.79 Å². The highest BCUT2D eigenvalue weighted by molar-refractivity contribution is 9.10. The summed E-state index contributed by atoms with van der Waals surface area (Å²) < 4.78 is 5.90. The van der Waals surface area contributed by atoms with Gasteiger partial charge in [-0.05, 0) is 47.0 Å². The second kappa shape index (κ2) is 4.12. The van der Waals surface area contributed by atoms with E-state index >= 15 is 0 Å². The first-order chi connectivity index (χ1) is 8.20. The third-order valence-corrected chi connectivity index (χ3v) is 4.79. The highest BCUT2D eigenvalue weighted by Gasteiger charge is 2.50. The number of fused-ring (bicyclic) bond motifs is 1. The van der Waals surface area contributed by atoms with Gasteiger partial charge in [0, 0.05) is 5.92 Å². The van der Waals surface area contributed by atoms with E-state index in [4.69, 9.17) is 4.74 Å². The predicted octanol–water partition coefficient (Wildman–Crippen LogP) is 2.47. The highest BCUT2D eigenvalue weighted by atomic mass is 79.9. The molecular formula is C12H15BrN2O2. The van der Waals surface area contributed by atoms with Crippen LogP contribution < -0.4 is 0 Å². The lowest BCUT2D eigenvalue weighted by atomic mass is 9.77. The number of H-pyrrole nitrogens is 1. The maximum atomic E-state index is 11.9. The van der Waals surface area contributed by atoms with Gasteiger partial charge in [-0.25, -0.2) is 0 Å². The Bertz CT molecular complexity index is 445. The van der Waals surface area contributed by atoms with Gasteiger partial charge in [0.2, 0.25) is 0 Å². The lowest BCUT2D eigenvalue weighted by molar-refractivity contribution is -0.147. The van der Waals surface area contributed by atoms with E-state index in [2.05, 4.69) is 26.1 Å².